The molecule has 0 amide bonds. The van der Waals surface area contributed by atoms with E-state index in [1.807, 2.05) is 0 Å². The quantitative estimate of drug-likeness (QED) is 0.451. The molecule has 0 fully saturated rings. The second-order valence-electron chi connectivity index (χ2n) is 5.52. The normalized spacial score (nSPS) is 11.2. The number of nitro benzene ring substituents is 1. The summed E-state index contributed by atoms with van der Waals surface area (Å²) in [6.45, 7) is 0. The number of furan rings is 1. The van der Waals surface area contributed by atoms with Gasteiger partial charge in [-0.25, -0.2) is 13.2 Å². The van der Waals surface area contributed by atoms with Crippen LogP contribution in [0.25, 0.3) is 11.3 Å². The van der Waals surface area contributed by atoms with Crippen molar-refractivity contribution in [1.29, 1.82) is 0 Å². The Morgan fingerprint density at radius 3 is 2.36 bits per heavy atom. The second-order valence-corrected chi connectivity index (χ2v) is 7.61. The fraction of sp³-hybridized carbons (Fsp3) is 0. The zero-order chi connectivity index (χ0) is 20.5. The van der Waals surface area contributed by atoms with Crippen LogP contribution in [0.3, 0.4) is 0 Å². The van der Waals surface area contributed by atoms with E-state index in [4.69, 9.17) is 21.1 Å². The number of non-ortho nitro benzene ring substituents is 1. The highest BCUT2D eigenvalue weighted by Gasteiger charge is 2.18. The Morgan fingerprint density at radius 2 is 1.79 bits per heavy atom. The molecule has 0 aliphatic carbocycles. The van der Waals surface area contributed by atoms with E-state index in [0.717, 1.165) is 24.3 Å². The third kappa shape index (κ3) is 3.97. The third-order valence-corrected chi connectivity index (χ3v) is 5.39. The number of nitro groups is 1. The highest BCUT2D eigenvalue weighted by molar-refractivity contribution is 7.92. The molecule has 3 rings (SSSR count). The van der Waals surface area contributed by atoms with Gasteiger partial charge in [0, 0.05) is 23.4 Å². The van der Waals surface area contributed by atoms with Crippen LogP contribution in [-0.2, 0) is 10.0 Å². The van der Waals surface area contributed by atoms with Gasteiger partial charge in [-0.2, -0.15) is 0 Å². The van der Waals surface area contributed by atoms with Crippen LogP contribution in [0.2, 0.25) is 5.02 Å². The van der Waals surface area contributed by atoms with Crippen LogP contribution in [0.1, 0.15) is 10.6 Å². The molecule has 2 aromatic carbocycles. The molecule has 144 valence electrons. The van der Waals surface area contributed by atoms with E-state index in [1.54, 1.807) is 0 Å². The van der Waals surface area contributed by atoms with Crippen LogP contribution in [0, 0.1) is 10.1 Å². The molecule has 0 atom stereocenters. The first-order valence-electron chi connectivity index (χ1n) is 7.58. The summed E-state index contributed by atoms with van der Waals surface area (Å²) >= 11 is 6.11. The second kappa shape index (κ2) is 7.33. The number of carboxylic acids is 1. The Hall–Kier alpha value is -3.37. The summed E-state index contributed by atoms with van der Waals surface area (Å²) in [6.07, 6.45) is 0. The maximum atomic E-state index is 12.5. The molecular formula is C17H11ClN2O7S. The van der Waals surface area contributed by atoms with Crippen LogP contribution in [0.5, 0.6) is 0 Å². The minimum atomic E-state index is -4.02. The Balaban J connectivity index is 1.91. The molecule has 0 saturated carbocycles. The van der Waals surface area contributed by atoms with Crippen molar-refractivity contribution in [3.8, 4) is 11.3 Å². The number of nitrogens with zero attached hydrogens (tertiary/aromatic N) is 1. The lowest BCUT2D eigenvalue weighted by molar-refractivity contribution is -0.384. The molecule has 2 N–H and O–H groups in total. The van der Waals surface area contributed by atoms with Crippen molar-refractivity contribution in [2.45, 2.75) is 4.90 Å². The van der Waals surface area contributed by atoms with Crippen molar-refractivity contribution in [2.24, 2.45) is 0 Å². The fourth-order valence-electron chi connectivity index (χ4n) is 2.34. The van der Waals surface area contributed by atoms with Crippen LogP contribution >= 0.6 is 11.6 Å². The molecule has 0 radical (unpaired) electrons. The van der Waals surface area contributed by atoms with Gasteiger partial charge in [0.05, 0.1) is 14.8 Å². The number of carboxylic acid groups (broad SMARTS) is 1. The van der Waals surface area contributed by atoms with E-state index in [-0.39, 0.29) is 38.4 Å². The van der Waals surface area contributed by atoms with E-state index in [0.29, 0.717) is 0 Å². The Morgan fingerprint density at radius 1 is 1.11 bits per heavy atom. The van der Waals surface area contributed by atoms with Gasteiger partial charge in [-0.1, -0.05) is 11.6 Å². The topological polar surface area (TPSA) is 140 Å². The molecule has 0 spiro atoms. The fourth-order valence-corrected chi connectivity index (χ4v) is 3.60. The first kappa shape index (κ1) is 19.4. The molecule has 0 aliphatic heterocycles. The number of sulfonamides is 1. The number of benzene rings is 2. The number of aromatic carboxylic acids is 1. The minimum absolute atomic E-state index is 0.144. The summed E-state index contributed by atoms with van der Waals surface area (Å²) in [6, 6.07) is 11.3. The van der Waals surface area contributed by atoms with E-state index < -0.39 is 20.9 Å². The summed E-state index contributed by atoms with van der Waals surface area (Å²) in [5.41, 5.74) is 0.198. The van der Waals surface area contributed by atoms with Gasteiger partial charge in [0.1, 0.15) is 5.76 Å². The smallest absolute Gasteiger partial charge is 0.371 e. The van der Waals surface area contributed by atoms with Gasteiger partial charge in [-0.05, 0) is 42.5 Å². The van der Waals surface area contributed by atoms with Gasteiger partial charge >= 0.3 is 5.97 Å². The number of hydrogen-bond acceptors (Lipinski definition) is 6. The lowest BCUT2D eigenvalue weighted by atomic mass is 10.1. The number of hydrogen-bond donors (Lipinski definition) is 2. The zero-order valence-corrected chi connectivity index (χ0v) is 15.4. The average molecular weight is 423 g/mol. The van der Waals surface area contributed by atoms with Crippen molar-refractivity contribution in [3.05, 3.63) is 75.5 Å². The van der Waals surface area contributed by atoms with Crippen molar-refractivity contribution in [2.75, 3.05) is 4.72 Å². The van der Waals surface area contributed by atoms with Crippen LogP contribution in [0.4, 0.5) is 11.4 Å². The standard InChI is InChI=1S/C17H11ClN2O7S/c18-14-6-1-10(9-13(14)15-7-8-16(27-15)17(21)22)19-28(25,26)12-4-2-11(3-5-12)20(23)24/h1-9,19H,(H,21,22). The van der Waals surface area contributed by atoms with Gasteiger partial charge in [0.2, 0.25) is 5.76 Å². The van der Waals surface area contributed by atoms with E-state index in [1.165, 1.54) is 30.3 Å². The van der Waals surface area contributed by atoms with Crippen molar-refractivity contribution < 1.29 is 27.7 Å². The van der Waals surface area contributed by atoms with Crippen molar-refractivity contribution in [1.82, 2.24) is 0 Å². The van der Waals surface area contributed by atoms with E-state index >= 15 is 0 Å². The first-order valence-corrected chi connectivity index (χ1v) is 9.44. The van der Waals surface area contributed by atoms with Gasteiger partial charge in [0.25, 0.3) is 15.7 Å². The monoisotopic (exact) mass is 422 g/mol. The predicted molar refractivity (Wildman–Crippen MR) is 100 cm³/mol. The molecule has 9 nitrogen and oxygen atoms in total. The number of rotatable bonds is 6. The molecule has 0 aliphatic rings. The Kier molecular flexibility index (Phi) is 5.08. The van der Waals surface area contributed by atoms with Crippen LogP contribution in [0.15, 0.2) is 63.9 Å². The number of anilines is 1. The third-order valence-electron chi connectivity index (χ3n) is 3.66. The molecule has 0 unspecified atom stereocenters. The summed E-state index contributed by atoms with van der Waals surface area (Å²) in [5, 5.41) is 19.9. The lowest BCUT2D eigenvalue weighted by Gasteiger charge is -2.10. The Bertz CT molecular complexity index is 1170. The maximum absolute atomic E-state index is 12.5. The van der Waals surface area contributed by atoms with Gasteiger partial charge in [0.15, 0.2) is 0 Å². The predicted octanol–water partition coefficient (Wildman–Crippen LogP) is 4.01. The molecule has 28 heavy (non-hydrogen) atoms. The molecule has 1 heterocycles. The average Bonchev–Trinajstić information content (AvgIpc) is 3.13. The molecule has 1 aromatic heterocycles. The first-order chi connectivity index (χ1) is 13.2. The summed E-state index contributed by atoms with van der Waals surface area (Å²) in [4.78, 5) is 20.8. The number of halogens is 1. The number of nitrogens with one attached hydrogen (secondary N) is 1. The zero-order valence-electron chi connectivity index (χ0n) is 13.8. The van der Waals surface area contributed by atoms with Gasteiger partial charge in [-0.3, -0.25) is 14.8 Å². The molecule has 11 heteroatoms. The molecular weight excluding hydrogens is 412 g/mol. The maximum Gasteiger partial charge on any atom is 0.371 e. The number of carbonyl (C=O) groups is 1. The van der Waals surface area contributed by atoms with Gasteiger partial charge in [-0.15, -0.1) is 0 Å². The lowest BCUT2D eigenvalue weighted by Crippen LogP contribution is -2.13. The summed E-state index contributed by atoms with van der Waals surface area (Å²) < 4.78 is 32.5. The molecule has 0 saturated heterocycles. The molecule has 3 aromatic rings. The van der Waals surface area contributed by atoms with Crippen LogP contribution in [-0.4, -0.2) is 24.4 Å². The van der Waals surface area contributed by atoms with Gasteiger partial charge < -0.3 is 9.52 Å². The minimum Gasteiger partial charge on any atom is -0.475 e. The highest BCUT2D eigenvalue weighted by atomic mass is 35.5. The SMILES string of the molecule is O=C(O)c1ccc(-c2cc(NS(=O)(=O)c3ccc([N+](=O)[O-])cc3)ccc2Cl)o1. The van der Waals surface area contributed by atoms with E-state index in [9.17, 15) is 23.3 Å². The van der Waals surface area contributed by atoms with Crippen LogP contribution < -0.4 is 4.72 Å². The summed E-state index contributed by atoms with van der Waals surface area (Å²) in [7, 11) is -4.02. The molecule has 0 bridgehead atoms. The van der Waals surface area contributed by atoms with E-state index in [2.05, 4.69) is 4.72 Å². The Labute approximate surface area is 163 Å². The largest absolute Gasteiger partial charge is 0.475 e. The highest BCUT2D eigenvalue weighted by Crippen LogP contribution is 2.32. The van der Waals surface area contributed by atoms with Crippen molar-refractivity contribution >= 4 is 39.0 Å². The van der Waals surface area contributed by atoms with Crippen molar-refractivity contribution in [3.63, 3.8) is 0 Å². The summed E-state index contributed by atoms with van der Waals surface area (Å²) in [5.74, 6) is -1.39.